The number of pyridine rings is 1. The molecule has 4 rings (SSSR count). The van der Waals surface area contributed by atoms with Crippen molar-refractivity contribution in [2.45, 2.75) is 13.1 Å². The average Bonchev–Trinajstić information content (AvgIpc) is 3.33. The van der Waals surface area contributed by atoms with E-state index < -0.39 is 5.91 Å². The van der Waals surface area contributed by atoms with Gasteiger partial charge in [0.15, 0.2) is 11.5 Å². The Hall–Kier alpha value is -4.97. The third-order valence-electron chi connectivity index (χ3n) is 5.56. The number of nitrogens with zero attached hydrogens (tertiary/aromatic N) is 4. The molecule has 0 saturated heterocycles. The van der Waals surface area contributed by atoms with Crippen molar-refractivity contribution in [3.63, 3.8) is 0 Å². The van der Waals surface area contributed by atoms with Crippen LogP contribution in [0.15, 0.2) is 78.6 Å². The van der Waals surface area contributed by atoms with Crippen LogP contribution in [0, 0.1) is 17.1 Å². The predicted octanol–water partition coefficient (Wildman–Crippen LogP) is 4.37. The lowest BCUT2D eigenvalue weighted by atomic mass is 10.1. The van der Waals surface area contributed by atoms with Crippen molar-refractivity contribution in [1.82, 2.24) is 20.1 Å². The molecular weight excluding hydrogens is 473 g/mol. The van der Waals surface area contributed by atoms with Gasteiger partial charge in [0.1, 0.15) is 17.5 Å². The van der Waals surface area contributed by atoms with Crippen LogP contribution < -0.4 is 14.8 Å². The number of aromatic nitrogens is 3. The fraction of sp³-hybridized carbons (Fsp3) is 0.143. The molecule has 1 N–H and O–H groups in total. The highest BCUT2D eigenvalue weighted by molar-refractivity contribution is 6.02. The van der Waals surface area contributed by atoms with Gasteiger partial charge in [-0.2, -0.15) is 10.4 Å². The molecule has 0 fully saturated rings. The van der Waals surface area contributed by atoms with E-state index in [-0.39, 0.29) is 24.5 Å². The molecule has 9 heteroatoms. The first kappa shape index (κ1) is 25.1. The van der Waals surface area contributed by atoms with Crippen LogP contribution in [0.3, 0.4) is 0 Å². The van der Waals surface area contributed by atoms with Gasteiger partial charge in [0.25, 0.3) is 5.91 Å². The molecule has 0 aliphatic carbocycles. The van der Waals surface area contributed by atoms with E-state index in [1.807, 2.05) is 12.1 Å². The third-order valence-corrected chi connectivity index (χ3v) is 5.56. The van der Waals surface area contributed by atoms with Crippen LogP contribution in [0.4, 0.5) is 4.39 Å². The second-order valence-electron chi connectivity index (χ2n) is 7.97. The number of halogens is 1. The Morgan fingerprint density at radius 2 is 1.89 bits per heavy atom. The zero-order valence-electron chi connectivity index (χ0n) is 20.3. The average molecular weight is 498 g/mol. The van der Waals surface area contributed by atoms with E-state index in [9.17, 15) is 14.4 Å². The summed E-state index contributed by atoms with van der Waals surface area (Å²) in [5, 5.41) is 17.1. The topological polar surface area (TPSA) is 102 Å². The van der Waals surface area contributed by atoms with Crippen molar-refractivity contribution in [2.24, 2.45) is 0 Å². The van der Waals surface area contributed by atoms with Crippen LogP contribution in [-0.4, -0.2) is 34.9 Å². The number of hydrogen-bond donors (Lipinski definition) is 1. The molecular formula is C28H24FN5O3. The largest absolute Gasteiger partial charge is 0.493 e. The van der Waals surface area contributed by atoms with Crippen LogP contribution in [0.2, 0.25) is 0 Å². The molecule has 0 unspecified atom stereocenters. The van der Waals surface area contributed by atoms with Gasteiger partial charge in [-0.25, -0.2) is 4.39 Å². The summed E-state index contributed by atoms with van der Waals surface area (Å²) in [7, 11) is 3.07. The molecule has 37 heavy (non-hydrogen) atoms. The van der Waals surface area contributed by atoms with Gasteiger partial charge in [-0.1, -0.05) is 24.3 Å². The minimum atomic E-state index is -0.548. The highest BCUT2D eigenvalue weighted by atomic mass is 19.1. The molecule has 0 aliphatic rings. The molecule has 2 aromatic heterocycles. The Morgan fingerprint density at radius 1 is 1.11 bits per heavy atom. The van der Waals surface area contributed by atoms with Crippen molar-refractivity contribution in [3.8, 4) is 28.8 Å². The van der Waals surface area contributed by atoms with E-state index in [0.29, 0.717) is 39.6 Å². The van der Waals surface area contributed by atoms with Crippen LogP contribution in [0.25, 0.3) is 17.3 Å². The number of benzene rings is 2. The molecule has 186 valence electrons. The number of carbonyl (C=O) groups is 1. The minimum Gasteiger partial charge on any atom is -0.493 e. The molecule has 0 atom stereocenters. The van der Waals surface area contributed by atoms with Crippen molar-refractivity contribution in [1.29, 1.82) is 5.26 Å². The summed E-state index contributed by atoms with van der Waals surface area (Å²) < 4.78 is 26.6. The van der Waals surface area contributed by atoms with Gasteiger partial charge in [-0.15, -0.1) is 0 Å². The highest BCUT2D eigenvalue weighted by Crippen LogP contribution is 2.33. The van der Waals surface area contributed by atoms with E-state index >= 15 is 0 Å². The SMILES string of the molecule is COc1ccc(-c2nn(Cc3ccccc3F)cc2/C=C(\C#N)C(=O)NCc2ccccn2)cc1OC. The molecule has 2 heterocycles. The van der Waals surface area contributed by atoms with Crippen molar-refractivity contribution in [2.75, 3.05) is 14.2 Å². The van der Waals surface area contributed by atoms with E-state index in [4.69, 9.17) is 9.47 Å². The lowest BCUT2D eigenvalue weighted by Gasteiger charge is -2.09. The number of nitriles is 1. The predicted molar refractivity (Wildman–Crippen MR) is 136 cm³/mol. The van der Waals surface area contributed by atoms with E-state index in [1.54, 1.807) is 65.6 Å². The van der Waals surface area contributed by atoms with Gasteiger partial charge < -0.3 is 14.8 Å². The number of hydrogen-bond acceptors (Lipinski definition) is 6. The summed E-state index contributed by atoms with van der Waals surface area (Å²) in [6.07, 6.45) is 4.76. The fourth-order valence-corrected chi connectivity index (χ4v) is 3.71. The molecule has 0 aliphatic heterocycles. The Balaban J connectivity index is 1.71. The highest BCUT2D eigenvalue weighted by Gasteiger charge is 2.17. The van der Waals surface area contributed by atoms with Crippen molar-refractivity contribution >= 4 is 12.0 Å². The maximum atomic E-state index is 14.3. The van der Waals surface area contributed by atoms with E-state index in [0.717, 1.165) is 0 Å². The van der Waals surface area contributed by atoms with Crippen LogP contribution >= 0.6 is 0 Å². The summed E-state index contributed by atoms with van der Waals surface area (Å²) in [6, 6.07) is 19.0. The lowest BCUT2D eigenvalue weighted by molar-refractivity contribution is -0.117. The number of rotatable bonds is 9. The minimum absolute atomic E-state index is 0.108. The monoisotopic (exact) mass is 497 g/mol. The molecule has 4 aromatic rings. The van der Waals surface area contributed by atoms with E-state index in [1.165, 1.54) is 26.4 Å². The van der Waals surface area contributed by atoms with Crippen LogP contribution in [-0.2, 0) is 17.9 Å². The Labute approximate surface area is 213 Å². The first-order valence-electron chi connectivity index (χ1n) is 11.4. The number of methoxy groups -OCH3 is 2. The fourth-order valence-electron chi connectivity index (χ4n) is 3.71. The van der Waals surface area contributed by atoms with Crippen molar-refractivity contribution < 1.29 is 18.7 Å². The molecule has 0 spiro atoms. The first-order chi connectivity index (χ1) is 18.0. The molecule has 2 aromatic carbocycles. The Morgan fingerprint density at radius 3 is 2.59 bits per heavy atom. The standard InChI is InChI=1S/C28H24FN5O3/c1-36-25-11-10-19(14-26(25)37-2)27-22(18-34(33-27)17-20-7-3-4-9-24(20)29)13-21(15-30)28(35)32-16-23-8-5-6-12-31-23/h3-14,18H,16-17H2,1-2H3,(H,32,35)/b21-13+. The van der Waals surface area contributed by atoms with Gasteiger partial charge in [0.05, 0.1) is 38.7 Å². The summed E-state index contributed by atoms with van der Waals surface area (Å²) in [5.74, 6) is 0.135. The quantitative estimate of drug-likeness (QED) is 0.272. The van der Waals surface area contributed by atoms with Gasteiger partial charge in [0, 0.05) is 29.1 Å². The lowest BCUT2D eigenvalue weighted by Crippen LogP contribution is -2.24. The van der Waals surface area contributed by atoms with Crippen LogP contribution in [0.5, 0.6) is 11.5 Å². The number of ether oxygens (including phenoxy) is 2. The third kappa shape index (κ3) is 6.00. The molecule has 1 amide bonds. The normalized spacial score (nSPS) is 11.0. The first-order valence-corrected chi connectivity index (χ1v) is 11.4. The maximum Gasteiger partial charge on any atom is 0.262 e. The zero-order valence-corrected chi connectivity index (χ0v) is 20.3. The second kappa shape index (κ2) is 11.6. The number of carbonyl (C=O) groups excluding carboxylic acids is 1. The van der Waals surface area contributed by atoms with Gasteiger partial charge >= 0.3 is 0 Å². The molecule has 0 bridgehead atoms. The summed E-state index contributed by atoms with van der Waals surface area (Å²) in [5.41, 5.74) is 2.67. The molecule has 0 saturated carbocycles. The van der Waals surface area contributed by atoms with Gasteiger partial charge in [-0.05, 0) is 42.5 Å². The Bertz CT molecular complexity index is 1470. The zero-order chi connectivity index (χ0) is 26.2. The van der Waals surface area contributed by atoms with Gasteiger partial charge in [0.2, 0.25) is 0 Å². The van der Waals surface area contributed by atoms with Gasteiger partial charge in [-0.3, -0.25) is 14.5 Å². The molecule has 8 nitrogen and oxygen atoms in total. The summed E-state index contributed by atoms with van der Waals surface area (Å²) in [6.45, 7) is 0.336. The Kier molecular flexibility index (Phi) is 7.91. The summed E-state index contributed by atoms with van der Waals surface area (Å²) in [4.78, 5) is 17.0. The number of amides is 1. The van der Waals surface area contributed by atoms with E-state index in [2.05, 4.69) is 15.4 Å². The van der Waals surface area contributed by atoms with Crippen LogP contribution in [0.1, 0.15) is 16.8 Å². The molecule has 0 radical (unpaired) electrons. The number of nitrogens with one attached hydrogen (secondary N) is 1. The second-order valence-corrected chi connectivity index (χ2v) is 7.97. The maximum absolute atomic E-state index is 14.3. The van der Waals surface area contributed by atoms with Crippen molar-refractivity contribution in [3.05, 3.63) is 101 Å². The smallest absolute Gasteiger partial charge is 0.262 e. The summed E-state index contributed by atoms with van der Waals surface area (Å²) >= 11 is 0.